The number of aromatic nitrogens is 1. The molecule has 1 aliphatic heterocycles. The number of fused-ring (bicyclic) bond motifs is 2. The van der Waals surface area contributed by atoms with Crippen molar-refractivity contribution < 1.29 is 9.84 Å². The van der Waals surface area contributed by atoms with E-state index in [0.717, 1.165) is 44.3 Å². The van der Waals surface area contributed by atoms with Crippen molar-refractivity contribution in [2.75, 3.05) is 13.7 Å². The lowest BCUT2D eigenvalue weighted by Crippen LogP contribution is -2.51. The molecule has 1 saturated carbocycles. The smallest absolute Gasteiger partial charge is 0.0847 e. The van der Waals surface area contributed by atoms with E-state index in [1.807, 2.05) is 19.4 Å². The third kappa shape index (κ3) is 2.53. The molecular formula is C20H26N2O2. The topological polar surface area (TPSA) is 45.6 Å². The summed E-state index contributed by atoms with van der Waals surface area (Å²) in [6.07, 6.45) is 5.36. The number of aryl methyl sites for hydroxylation is 1. The molecule has 0 radical (unpaired) electrons. The van der Waals surface area contributed by atoms with Gasteiger partial charge in [0, 0.05) is 37.8 Å². The maximum Gasteiger partial charge on any atom is 0.0847 e. The highest BCUT2D eigenvalue weighted by atomic mass is 16.5. The van der Waals surface area contributed by atoms with Crippen LogP contribution in [0.4, 0.5) is 0 Å². The zero-order valence-corrected chi connectivity index (χ0v) is 14.5. The summed E-state index contributed by atoms with van der Waals surface area (Å²) in [5, 5.41) is 11.4. The Morgan fingerprint density at radius 2 is 2.21 bits per heavy atom. The Morgan fingerprint density at radius 1 is 1.33 bits per heavy atom. The average Bonchev–Trinajstić information content (AvgIpc) is 2.96. The molecule has 2 aliphatic rings. The molecule has 24 heavy (non-hydrogen) atoms. The lowest BCUT2D eigenvalue weighted by Gasteiger charge is -2.42. The molecule has 1 N–H and O–H groups in total. The third-order valence-corrected chi connectivity index (χ3v) is 6.11. The molecule has 2 aromatic rings. The number of pyridine rings is 1. The Balaban J connectivity index is 1.65. The van der Waals surface area contributed by atoms with Gasteiger partial charge in [-0.2, -0.15) is 0 Å². The van der Waals surface area contributed by atoms with Crippen molar-refractivity contribution in [1.82, 2.24) is 9.88 Å². The van der Waals surface area contributed by atoms with E-state index in [9.17, 15) is 5.11 Å². The van der Waals surface area contributed by atoms with E-state index in [2.05, 4.69) is 35.0 Å². The molecule has 0 unspecified atom stereocenters. The van der Waals surface area contributed by atoms with E-state index in [-0.39, 0.29) is 11.7 Å². The monoisotopic (exact) mass is 326 g/mol. The van der Waals surface area contributed by atoms with Crippen molar-refractivity contribution in [3.63, 3.8) is 0 Å². The fraction of sp³-hybridized carbons (Fsp3) is 0.550. The number of methoxy groups -OCH3 is 1. The van der Waals surface area contributed by atoms with Crippen LogP contribution >= 0.6 is 0 Å². The number of aliphatic hydroxyl groups is 1. The maximum absolute atomic E-state index is 10.2. The van der Waals surface area contributed by atoms with Gasteiger partial charge in [0.1, 0.15) is 0 Å². The SMILES string of the molecule is CO[C@@]12CC[C@H](O)C[C@@H]1N(Cc1ccc(C)c3ncccc13)CC2. The van der Waals surface area contributed by atoms with Crippen LogP contribution in [0.25, 0.3) is 10.9 Å². The number of hydrogen-bond donors (Lipinski definition) is 1. The molecule has 128 valence electrons. The number of benzene rings is 1. The van der Waals surface area contributed by atoms with Gasteiger partial charge in [-0.15, -0.1) is 0 Å². The summed E-state index contributed by atoms with van der Waals surface area (Å²) in [4.78, 5) is 7.06. The van der Waals surface area contributed by atoms with Crippen LogP contribution in [0.2, 0.25) is 0 Å². The predicted octanol–water partition coefficient (Wildman–Crippen LogP) is 3.05. The highest BCUT2D eigenvalue weighted by Gasteiger charge is 2.50. The average molecular weight is 326 g/mol. The first kappa shape index (κ1) is 16.0. The minimum Gasteiger partial charge on any atom is -0.393 e. The number of ether oxygens (including phenoxy) is 1. The molecule has 1 aliphatic carbocycles. The van der Waals surface area contributed by atoms with Crippen molar-refractivity contribution in [2.45, 2.75) is 56.9 Å². The van der Waals surface area contributed by atoms with Gasteiger partial charge in [-0.3, -0.25) is 9.88 Å². The Bertz CT molecular complexity index is 747. The van der Waals surface area contributed by atoms with Crippen LogP contribution in [0.3, 0.4) is 0 Å². The van der Waals surface area contributed by atoms with Gasteiger partial charge < -0.3 is 9.84 Å². The van der Waals surface area contributed by atoms with Gasteiger partial charge in [-0.25, -0.2) is 0 Å². The van der Waals surface area contributed by atoms with Gasteiger partial charge in [-0.1, -0.05) is 18.2 Å². The van der Waals surface area contributed by atoms with Crippen molar-refractivity contribution >= 4 is 10.9 Å². The van der Waals surface area contributed by atoms with Crippen LogP contribution in [0.15, 0.2) is 30.5 Å². The largest absolute Gasteiger partial charge is 0.393 e. The molecule has 1 saturated heterocycles. The van der Waals surface area contributed by atoms with Gasteiger partial charge in [-0.05, 0) is 49.8 Å². The van der Waals surface area contributed by atoms with Crippen LogP contribution in [-0.4, -0.2) is 46.4 Å². The van der Waals surface area contributed by atoms with E-state index in [4.69, 9.17) is 4.74 Å². The highest BCUT2D eigenvalue weighted by molar-refractivity contribution is 5.84. The van der Waals surface area contributed by atoms with Gasteiger partial charge >= 0.3 is 0 Å². The molecule has 4 nitrogen and oxygen atoms in total. The van der Waals surface area contributed by atoms with Gasteiger partial charge in [0.2, 0.25) is 0 Å². The van der Waals surface area contributed by atoms with E-state index in [1.54, 1.807) is 0 Å². The molecule has 0 amide bonds. The standard InChI is InChI=1S/C20H26N2O2/c1-14-5-6-15(17-4-3-10-21-19(14)17)13-22-11-9-20(24-2)8-7-16(23)12-18(20)22/h3-6,10,16,18,23H,7-9,11-13H2,1-2H3/t16-,18-,20+/m0/s1. The highest BCUT2D eigenvalue weighted by Crippen LogP contribution is 2.43. The lowest BCUT2D eigenvalue weighted by molar-refractivity contribution is -0.0879. The maximum atomic E-state index is 10.2. The first-order valence-corrected chi connectivity index (χ1v) is 8.93. The number of likely N-dealkylation sites (tertiary alicyclic amines) is 1. The number of hydrogen-bond acceptors (Lipinski definition) is 4. The zero-order valence-electron chi connectivity index (χ0n) is 14.5. The summed E-state index contributed by atoms with van der Waals surface area (Å²) in [6.45, 7) is 4.04. The summed E-state index contributed by atoms with van der Waals surface area (Å²) in [6, 6.07) is 8.88. The molecular weight excluding hydrogens is 300 g/mol. The van der Waals surface area contributed by atoms with Gasteiger partial charge in [0.05, 0.1) is 17.2 Å². The molecule has 1 aromatic carbocycles. The number of nitrogens with zero attached hydrogens (tertiary/aromatic N) is 2. The van der Waals surface area contributed by atoms with E-state index in [1.165, 1.54) is 16.5 Å². The Hall–Kier alpha value is -1.49. The molecule has 0 bridgehead atoms. The summed E-state index contributed by atoms with van der Waals surface area (Å²) in [7, 11) is 1.83. The number of rotatable bonds is 3. The summed E-state index contributed by atoms with van der Waals surface area (Å²) < 4.78 is 5.96. The van der Waals surface area contributed by atoms with Crippen LogP contribution in [0.5, 0.6) is 0 Å². The molecule has 4 heteroatoms. The van der Waals surface area contributed by atoms with Crippen LogP contribution in [-0.2, 0) is 11.3 Å². The quantitative estimate of drug-likeness (QED) is 0.942. The minimum absolute atomic E-state index is 0.0714. The van der Waals surface area contributed by atoms with Crippen molar-refractivity contribution in [2.24, 2.45) is 0 Å². The number of aliphatic hydroxyl groups excluding tert-OH is 1. The fourth-order valence-corrected chi connectivity index (χ4v) is 4.69. The minimum atomic E-state index is -0.199. The molecule has 1 aromatic heterocycles. The molecule has 3 atom stereocenters. The van der Waals surface area contributed by atoms with E-state index in [0.29, 0.717) is 6.04 Å². The summed E-state index contributed by atoms with van der Waals surface area (Å²) in [5.74, 6) is 0. The molecule has 2 fully saturated rings. The van der Waals surface area contributed by atoms with Crippen molar-refractivity contribution in [3.8, 4) is 0 Å². The van der Waals surface area contributed by atoms with Crippen LogP contribution in [0.1, 0.15) is 36.8 Å². The Morgan fingerprint density at radius 3 is 3.04 bits per heavy atom. The van der Waals surface area contributed by atoms with Gasteiger partial charge in [0.25, 0.3) is 0 Å². The second-order valence-electron chi connectivity index (χ2n) is 7.37. The summed E-state index contributed by atoms with van der Waals surface area (Å²) >= 11 is 0. The second kappa shape index (κ2) is 6.10. The van der Waals surface area contributed by atoms with Gasteiger partial charge in [0.15, 0.2) is 0 Å². The first-order chi connectivity index (χ1) is 11.6. The first-order valence-electron chi connectivity index (χ1n) is 8.93. The Kier molecular flexibility index (Phi) is 4.07. The lowest BCUT2D eigenvalue weighted by atomic mass is 9.79. The van der Waals surface area contributed by atoms with E-state index >= 15 is 0 Å². The molecule has 2 heterocycles. The van der Waals surface area contributed by atoms with Crippen LogP contribution in [0, 0.1) is 6.92 Å². The van der Waals surface area contributed by atoms with E-state index < -0.39 is 0 Å². The normalized spacial score (nSPS) is 30.6. The third-order valence-electron chi connectivity index (χ3n) is 6.11. The summed E-state index contributed by atoms with van der Waals surface area (Å²) in [5.41, 5.74) is 3.56. The predicted molar refractivity (Wildman–Crippen MR) is 94.9 cm³/mol. The van der Waals surface area contributed by atoms with Crippen LogP contribution < -0.4 is 0 Å². The van der Waals surface area contributed by atoms with Crippen molar-refractivity contribution in [3.05, 3.63) is 41.6 Å². The zero-order chi connectivity index (χ0) is 16.7. The Labute approximate surface area is 143 Å². The van der Waals surface area contributed by atoms with Crippen molar-refractivity contribution in [1.29, 1.82) is 0 Å². The second-order valence-corrected chi connectivity index (χ2v) is 7.37. The molecule has 0 spiro atoms. The molecule has 4 rings (SSSR count). The fourth-order valence-electron chi connectivity index (χ4n) is 4.69.